The number of amides is 1. The third-order valence-electron chi connectivity index (χ3n) is 4.38. The number of anilines is 1. The summed E-state index contributed by atoms with van der Waals surface area (Å²) >= 11 is 1.24. The Morgan fingerprint density at radius 3 is 2.34 bits per heavy atom. The second kappa shape index (κ2) is 7.96. The molecule has 2 aromatic heterocycles. The zero-order valence-electron chi connectivity index (χ0n) is 16.6. The van der Waals surface area contributed by atoms with Crippen molar-refractivity contribution in [3.63, 3.8) is 0 Å². The van der Waals surface area contributed by atoms with E-state index in [0.717, 1.165) is 16.6 Å². The van der Waals surface area contributed by atoms with Crippen molar-refractivity contribution in [2.45, 2.75) is 20.8 Å². The number of rotatable bonds is 4. The molecule has 0 spiro atoms. The lowest BCUT2D eigenvalue weighted by Gasteiger charge is -2.11. The number of esters is 2. The molecule has 3 rings (SSSR count). The molecule has 0 bridgehead atoms. The summed E-state index contributed by atoms with van der Waals surface area (Å²) in [6.07, 6.45) is 0. The highest BCUT2D eigenvalue weighted by atomic mass is 32.1. The predicted octanol–water partition coefficient (Wildman–Crippen LogP) is 3.44. The molecule has 0 saturated heterocycles. The van der Waals surface area contributed by atoms with Crippen LogP contribution in [0.15, 0.2) is 18.2 Å². The molecule has 150 valence electrons. The number of carbonyl (C=O) groups is 3. The van der Waals surface area contributed by atoms with E-state index in [1.54, 1.807) is 6.92 Å². The number of hydrogen-bond donors (Lipinski definition) is 1. The van der Waals surface area contributed by atoms with Crippen molar-refractivity contribution >= 4 is 45.1 Å². The van der Waals surface area contributed by atoms with Crippen LogP contribution in [0.3, 0.4) is 0 Å². The molecule has 0 unspecified atom stereocenters. The SMILES string of the molecule is COC(=O)c1ccc(C(=O)OC)c(NC(=O)c2sc3nc(C)nc(C)c3c2C)c1. The van der Waals surface area contributed by atoms with E-state index in [2.05, 4.69) is 15.3 Å². The molecule has 0 aliphatic rings. The van der Waals surface area contributed by atoms with Crippen LogP contribution in [-0.2, 0) is 9.47 Å². The number of hydrogen-bond acceptors (Lipinski definition) is 8. The largest absolute Gasteiger partial charge is 0.465 e. The summed E-state index contributed by atoms with van der Waals surface area (Å²) < 4.78 is 9.48. The molecule has 2 heterocycles. The molecule has 1 amide bonds. The molecule has 0 saturated carbocycles. The second-order valence-corrected chi connectivity index (χ2v) is 7.29. The fourth-order valence-electron chi connectivity index (χ4n) is 3.05. The molecular weight excluding hydrogens is 394 g/mol. The lowest BCUT2D eigenvalue weighted by atomic mass is 10.1. The zero-order chi connectivity index (χ0) is 21.3. The van der Waals surface area contributed by atoms with Gasteiger partial charge in [0.15, 0.2) is 0 Å². The quantitative estimate of drug-likeness (QED) is 0.653. The molecule has 0 aliphatic carbocycles. The molecule has 8 nitrogen and oxygen atoms in total. The third-order valence-corrected chi connectivity index (χ3v) is 5.57. The van der Waals surface area contributed by atoms with E-state index in [9.17, 15) is 14.4 Å². The first-order chi connectivity index (χ1) is 13.8. The number of benzene rings is 1. The number of aryl methyl sites for hydroxylation is 3. The third kappa shape index (κ3) is 3.81. The maximum atomic E-state index is 13.0. The molecule has 3 aromatic rings. The van der Waals surface area contributed by atoms with E-state index < -0.39 is 17.8 Å². The molecule has 0 fully saturated rings. The van der Waals surface area contributed by atoms with Crippen molar-refractivity contribution in [1.29, 1.82) is 0 Å². The highest BCUT2D eigenvalue weighted by Gasteiger charge is 2.22. The Labute approximate surface area is 170 Å². The summed E-state index contributed by atoms with van der Waals surface area (Å²) in [6, 6.07) is 4.22. The van der Waals surface area contributed by atoms with Crippen LogP contribution >= 0.6 is 11.3 Å². The number of nitrogens with zero attached hydrogens (tertiary/aromatic N) is 2. The lowest BCUT2D eigenvalue weighted by Crippen LogP contribution is -2.16. The first kappa shape index (κ1) is 20.4. The van der Waals surface area contributed by atoms with Gasteiger partial charge in [-0.15, -0.1) is 11.3 Å². The monoisotopic (exact) mass is 413 g/mol. The number of fused-ring (bicyclic) bond motifs is 1. The standard InChI is InChI=1S/C20H19N3O5S/c1-9-15-10(2)21-11(3)22-18(15)29-16(9)17(24)23-14-8-12(19(25)27-4)6-7-13(14)20(26)28-5/h6-8H,1-5H3,(H,23,24). The summed E-state index contributed by atoms with van der Waals surface area (Å²) in [4.78, 5) is 46.9. The first-order valence-corrected chi connectivity index (χ1v) is 9.44. The van der Waals surface area contributed by atoms with Crippen LogP contribution in [-0.4, -0.2) is 42.0 Å². The summed E-state index contributed by atoms with van der Waals surface area (Å²) in [5.74, 6) is -1.02. The Morgan fingerprint density at radius 1 is 1.00 bits per heavy atom. The Bertz CT molecular complexity index is 1150. The Hall–Kier alpha value is -3.33. The van der Waals surface area contributed by atoms with Crippen LogP contribution in [0.4, 0.5) is 5.69 Å². The van der Waals surface area contributed by atoms with Crippen molar-refractivity contribution in [1.82, 2.24) is 9.97 Å². The lowest BCUT2D eigenvalue weighted by molar-refractivity contribution is 0.0587. The van der Waals surface area contributed by atoms with Gasteiger partial charge in [0.25, 0.3) is 5.91 Å². The molecule has 0 aliphatic heterocycles. The highest BCUT2D eigenvalue weighted by molar-refractivity contribution is 7.20. The fourth-order valence-corrected chi connectivity index (χ4v) is 4.22. The van der Waals surface area contributed by atoms with Gasteiger partial charge in [0, 0.05) is 11.1 Å². The van der Waals surface area contributed by atoms with Gasteiger partial charge in [-0.3, -0.25) is 4.79 Å². The minimum absolute atomic E-state index is 0.124. The van der Waals surface area contributed by atoms with Gasteiger partial charge in [0.2, 0.25) is 0 Å². The van der Waals surface area contributed by atoms with Crippen molar-refractivity contribution in [3.05, 3.63) is 51.3 Å². The van der Waals surface area contributed by atoms with Crippen LogP contribution in [0, 0.1) is 20.8 Å². The van der Waals surface area contributed by atoms with Crippen molar-refractivity contribution in [2.24, 2.45) is 0 Å². The van der Waals surface area contributed by atoms with Crippen LogP contribution < -0.4 is 5.32 Å². The van der Waals surface area contributed by atoms with E-state index in [0.29, 0.717) is 15.5 Å². The normalized spacial score (nSPS) is 10.7. The predicted molar refractivity (Wildman–Crippen MR) is 109 cm³/mol. The van der Waals surface area contributed by atoms with Gasteiger partial charge in [-0.25, -0.2) is 19.6 Å². The van der Waals surface area contributed by atoms with Gasteiger partial charge in [-0.05, 0) is 44.5 Å². The number of aromatic nitrogens is 2. The number of methoxy groups -OCH3 is 2. The molecule has 0 radical (unpaired) electrons. The molecular formula is C20H19N3O5S. The van der Waals surface area contributed by atoms with Crippen molar-refractivity contribution in [2.75, 3.05) is 19.5 Å². The van der Waals surface area contributed by atoms with Gasteiger partial charge in [-0.1, -0.05) is 0 Å². The number of thiophene rings is 1. The van der Waals surface area contributed by atoms with Crippen LogP contribution in [0.1, 0.15) is 47.5 Å². The number of nitrogens with one attached hydrogen (secondary N) is 1. The van der Waals surface area contributed by atoms with E-state index in [1.807, 2.05) is 13.8 Å². The summed E-state index contributed by atoms with van der Waals surface area (Å²) in [7, 11) is 2.49. The minimum Gasteiger partial charge on any atom is -0.465 e. The van der Waals surface area contributed by atoms with E-state index in [4.69, 9.17) is 9.47 Å². The fraction of sp³-hybridized carbons (Fsp3) is 0.250. The van der Waals surface area contributed by atoms with Gasteiger partial charge < -0.3 is 14.8 Å². The second-order valence-electron chi connectivity index (χ2n) is 6.29. The minimum atomic E-state index is -0.637. The molecule has 1 aromatic carbocycles. The van der Waals surface area contributed by atoms with Crippen molar-refractivity contribution < 1.29 is 23.9 Å². The Balaban J connectivity index is 2.05. The Morgan fingerprint density at radius 2 is 1.69 bits per heavy atom. The van der Waals surface area contributed by atoms with Gasteiger partial charge in [-0.2, -0.15) is 0 Å². The van der Waals surface area contributed by atoms with E-state index >= 15 is 0 Å². The molecule has 1 N–H and O–H groups in total. The van der Waals surface area contributed by atoms with Crippen LogP contribution in [0.2, 0.25) is 0 Å². The average Bonchev–Trinajstić information content (AvgIpc) is 3.03. The molecule has 0 atom stereocenters. The highest BCUT2D eigenvalue weighted by Crippen LogP contribution is 2.32. The summed E-state index contributed by atoms with van der Waals surface area (Å²) in [6.45, 7) is 5.49. The molecule has 29 heavy (non-hydrogen) atoms. The maximum absolute atomic E-state index is 13.0. The maximum Gasteiger partial charge on any atom is 0.339 e. The molecule has 9 heteroatoms. The topological polar surface area (TPSA) is 107 Å². The van der Waals surface area contributed by atoms with Gasteiger partial charge in [0.05, 0.1) is 35.9 Å². The summed E-state index contributed by atoms with van der Waals surface area (Å²) in [5, 5.41) is 3.55. The van der Waals surface area contributed by atoms with Gasteiger partial charge >= 0.3 is 11.9 Å². The van der Waals surface area contributed by atoms with E-state index in [-0.39, 0.29) is 16.8 Å². The van der Waals surface area contributed by atoms with E-state index in [1.165, 1.54) is 43.8 Å². The number of ether oxygens (including phenoxy) is 2. The van der Waals surface area contributed by atoms with Crippen LogP contribution in [0.5, 0.6) is 0 Å². The average molecular weight is 413 g/mol. The smallest absolute Gasteiger partial charge is 0.339 e. The first-order valence-electron chi connectivity index (χ1n) is 8.63. The zero-order valence-corrected chi connectivity index (χ0v) is 17.4. The summed E-state index contributed by atoms with van der Waals surface area (Å²) in [5.41, 5.74) is 2.02. The van der Waals surface area contributed by atoms with Gasteiger partial charge in [0.1, 0.15) is 10.7 Å². The Kier molecular flexibility index (Phi) is 5.60. The number of carbonyl (C=O) groups excluding carboxylic acids is 3. The van der Waals surface area contributed by atoms with Crippen LogP contribution in [0.25, 0.3) is 10.2 Å². The van der Waals surface area contributed by atoms with Crippen molar-refractivity contribution in [3.8, 4) is 0 Å².